The summed E-state index contributed by atoms with van der Waals surface area (Å²) in [5.74, 6) is -0.841. The predicted molar refractivity (Wildman–Crippen MR) is 80.2 cm³/mol. The Morgan fingerprint density at radius 1 is 1.05 bits per heavy atom. The molecule has 3 heteroatoms. The summed E-state index contributed by atoms with van der Waals surface area (Å²) in [5.41, 5.74) is 2.65. The molecule has 0 heterocycles. The number of hydrogen-bond acceptors (Lipinski definition) is 2. The minimum Gasteiger partial charge on any atom is -0.481 e. The van der Waals surface area contributed by atoms with Crippen LogP contribution in [0.25, 0.3) is 0 Å². The molecule has 110 valence electrons. The molecule has 1 aromatic rings. The van der Waals surface area contributed by atoms with Crippen LogP contribution in [0.5, 0.6) is 0 Å². The van der Waals surface area contributed by atoms with E-state index in [0.29, 0.717) is 5.56 Å². The van der Waals surface area contributed by atoms with E-state index >= 15 is 0 Å². The molecule has 0 aliphatic rings. The van der Waals surface area contributed by atoms with Crippen LogP contribution in [0.2, 0.25) is 0 Å². The maximum atomic E-state index is 12.3. The monoisotopic (exact) mass is 276 g/mol. The minimum atomic E-state index is -0.863. The van der Waals surface area contributed by atoms with Gasteiger partial charge in [0, 0.05) is 12.0 Å². The lowest BCUT2D eigenvalue weighted by Crippen LogP contribution is -2.21. The molecule has 0 unspecified atom stereocenters. The molecular weight excluding hydrogens is 252 g/mol. The van der Waals surface area contributed by atoms with Gasteiger partial charge in [-0.3, -0.25) is 9.59 Å². The largest absolute Gasteiger partial charge is 0.481 e. The third kappa shape index (κ3) is 4.48. The second kappa shape index (κ2) is 6.69. The molecule has 0 radical (unpaired) electrons. The van der Waals surface area contributed by atoms with Crippen molar-refractivity contribution in [3.05, 3.63) is 34.9 Å². The van der Waals surface area contributed by atoms with Crippen molar-refractivity contribution in [1.29, 1.82) is 0 Å². The van der Waals surface area contributed by atoms with E-state index in [2.05, 4.69) is 13.8 Å². The molecule has 0 fully saturated rings. The van der Waals surface area contributed by atoms with Crippen LogP contribution < -0.4 is 0 Å². The zero-order valence-electron chi connectivity index (χ0n) is 12.8. The van der Waals surface area contributed by atoms with E-state index in [4.69, 9.17) is 5.11 Å². The molecule has 0 saturated carbocycles. The van der Waals surface area contributed by atoms with Crippen molar-refractivity contribution >= 4 is 11.8 Å². The molecule has 0 aliphatic heterocycles. The lowest BCUT2D eigenvalue weighted by molar-refractivity contribution is -0.139. The summed E-state index contributed by atoms with van der Waals surface area (Å²) >= 11 is 0. The number of rotatable bonds is 7. The molecule has 20 heavy (non-hydrogen) atoms. The van der Waals surface area contributed by atoms with Gasteiger partial charge < -0.3 is 5.11 Å². The third-order valence-corrected chi connectivity index (χ3v) is 3.56. The van der Waals surface area contributed by atoms with Gasteiger partial charge in [-0.25, -0.2) is 0 Å². The number of ketones is 1. The molecule has 0 bridgehead atoms. The number of aryl methyl sites for hydroxylation is 2. The maximum absolute atomic E-state index is 12.3. The summed E-state index contributed by atoms with van der Waals surface area (Å²) in [7, 11) is 0. The first-order valence-corrected chi connectivity index (χ1v) is 7.16. The Bertz CT molecular complexity index is 501. The zero-order valence-corrected chi connectivity index (χ0v) is 12.8. The van der Waals surface area contributed by atoms with Crippen LogP contribution >= 0.6 is 0 Å². The second-order valence-corrected chi connectivity index (χ2v) is 6.03. The van der Waals surface area contributed by atoms with E-state index < -0.39 is 11.4 Å². The normalized spacial score (nSPS) is 11.4. The van der Waals surface area contributed by atoms with Gasteiger partial charge in [0.25, 0.3) is 0 Å². The number of Topliss-reactive ketones (excluding diaryl/α,β-unsaturated/α-hetero) is 1. The van der Waals surface area contributed by atoms with E-state index in [1.165, 1.54) is 11.1 Å². The van der Waals surface area contributed by atoms with Gasteiger partial charge in [-0.15, -0.1) is 0 Å². The van der Waals surface area contributed by atoms with Crippen LogP contribution in [-0.2, 0) is 17.6 Å². The van der Waals surface area contributed by atoms with E-state index in [0.717, 1.165) is 12.8 Å². The minimum absolute atomic E-state index is 0.00637. The number of hydrogen-bond donors (Lipinski definition) is 1. The summed E-state index contributed by atoms with van der Waals surface area (Å²) in [6.45, 7) is 7.82. The molecule has 0 atom stereocenters. The van der Waals surface area contributed by atoms with Crippen molar-refractivity contribution in [2.45, 2.75) is 53.4 Å². The third-order valence-electron chi connectivity index (χ3n) is 3.56. The van der Waals surface area contributed by atoms with Gasteiger partial charge in [0.15, 0.2) is 5.78 Å². The molecule has 1 rings (SSSR count). The standard InChI is InChI=1S/C17H24O3/c1-5-12-7-8-14(9-13(12)6-2)15(18)10-17(3,4)11-16(19)20/h7-9H,5-6,10-11H2,1-4H3,(H,19,20). The molecule has 3 nitrogen and oxygen atoms in total. The fourth-order valence-electron chi connectivity index (χ4n) is 2.48. The van der Waals surface area contributed by atoms with E-state index in [1.54, 1.807) is 0 Å². The lowest BCUT2D eigenvalue weighted by Gasteiger charge is -2.21. The molecular formula is C17H24O3. The van der Waals surface area contributed by atoms with Crippen LogP contribution in [-0.4, -0.2) is 16.9 Å². The summed E-state index contributed by atoms with van der Waals surface area (Å²) in [6, 6.07) is 5.82. The van der Waals surface area contributed by atoms with Crippen LogP contribution in [0.15, 0.2) is 18.2 Å². The molecule has 1 aromatic carbocycles. The van der Waals surface area contributed by atoms with E-state index in [-0.39, 0.29) is 18.6 Å². The molecule has 0 aromatic heterocycles. The van der Waals surface area contributed by atoms with E-state index in [9.17, 15) is 9.59 Å². The van der Waals surface area contributed by atoms with Gasteiger partial charge >= 0.3 is 5.97 Å². The molecule has 0 saturated heterocycles. The highest BCUT2D eigenvalue weighted by molar-refractivity contribution is 5.97. The van der Waals surface area contributed by atoms with Gasteiger partial charge in [0.05, 0.1) is 6.42 Å². The van der Waals surface area contributed by atoms with Crippen LogP contribution in [0.1, 0.15) is 62.0 Å². The van der Waals surface area contributed by atoms with Gasteiger partial charge in [0.1, 0.15) is 0 Å². The smallest absolute Gasteiger partial charge is 0.303 e. The Morgan fingerprint density at radius 3 is 2.15 bits per heavy atom. The van der Waals surface area contributed by atoms with Crippen LogP contribution in [0, 0.1) is 5.41 Å². The van der Waals surface area contributed by atoms with Crippen molar-refractivity contribution < 1.29 is 14.7 Å². The van der Waals surface area contributed by atoms with Crippen LogP contribution in [0.4, 0.5) is 0 Å². The van der Waals surface area contributed by atoms with Crippen molar-refractivity contribution in [1.82, 2.24) is 0 Å². The van der Waals surface area contributed by atoms with Crippen molar-refractivity contribution in [2.24, 2.45) is 5.41 Å². The average molecular weight is 276 g/mol. The fraction of sp³-hybridized carbons (Fsp3) is 0.529. The Morgan fingerprint density at radius 2 is 1.65 bits per heavy atom. The molecule has 0 aliphatic carbocycles. The number of carbonyl (C=O) groups excluding carboxylic acids is 1. The number of carboxylic acids is 1. The Hall–Kier alpha value is -1.64. The Kier molecular flexibility index (Phi) is 5.49. The predicted octanol–water partition coefficient (Wildman–Crippen LogP) is 3.89. The summed E-state index contributed by atoms with van der Waals surface area (Å²) in [4.78, 5) is 23.1. The topological polar surface area (TPSA) is 54.4 Å². The van der Waals surface area contributed by atoms with E-state index in [1.807, 2.05) is 32.0 Å². The number of carbonyl (C=O) groups is 2. The SMILES string of the molecule is CCc1ccc(C(=O)CC(C)(C)CC(=O)O)cc1CC. The first-order valence-electron chi connectivity index (χ1n) is 7.16. The molecule has 0 spiro atoms. The second-order valence-electron chi connectivity index (χ2n) is 6.03. The lowest BCUT2D eigenvalue weighted by atomic mass is 9.82. The highest BCUT2D eigenvalue weighted by Crippen LogP contribution is 2.27. The fourth-order valence-corrected chi connectivity index (χ4v) is 2.48. The van der Waals surface area contributed by atoms with Crippen molar-refractivity contribution in [2.75, 3.05) is 0 Å². The average Bonchev–Trinajstić information content (AvgIpc) is 2.35. The highest BCUT2D eigenvalue weighted by atomic mass is 16.4. The van der Waals surface area contributed by atoms with Crippen molar-refractivity contribution in [3.8, 4) is 0 Å². The number of benzene rings is 1. The quantitative estimate of drug-likeness (QED) is 0.769. The number of carboxylic acid groups (broad SMARTS) is 1. The summed E-state index contributed by atoms with van der Waals surface area (Å²) in [5, 5.41) is 8.87. The highest BCUT2D eigenvalue weighted by Gasteiger charge is 2.25. The number of aliphatic carboxylic acids is 1. The van der Waals surface area contributed by atoms with Crippen molar-refractivity contribution in [3.63, 3.8) is 0 Å². The van der Waals surface area contributed by atoms with Crippen LogP contribution in [0.3, 0.4) is 0 Å². The van der Waals surface area contributed by atoms with Gasteiger partial charge in [0.2, 0.25) is 0 Å². The Labute approximate surface area is 121 Å². The molecule has 1 N–H and O–H groups in total. The summed E-state index contributed by atoms with van der Waals surface area (Å²) in [6.07, 6.45) is 2.13. The van der Waals surface area contributed by atoms with Gasteiger partial charge in [-0.2, -0.15) is 0 Å². The maximum Gasteiger partial charge on any atom is 0.303 e. The first kappa shape index (κ1) is 16.4. The van der Waals surface area contributed by atoms with Gasteiger partial charge in [-0.1, -0.05) is 39.8 Å². The zero-order chi connectivity index (χ0) is 15.3. The van der Waals surface area contributed by atoms with Gasteiger partial charge in [-0.05, 0) is 35.4 Å². The molecule has 0 amide bonds. The summed E-state index contributed by atoms with van der Waals surface area (Å²) < 4.78 is 0. The first-order chi connectivity index (χ1) is 9.29. The Balaban J connectivity index is 2.90.